The maximum Gasteiger partial charge on any atom is 0.148 e. The van der Waals surface area contributed by atoms with Gasteiger partial charge in [-0.1, -0.05) is 18.5 Å². The number of rotatable bonds is 6. The first-order chi connectivity index (χ1) is 8.24. The summed E-state index contributed by atoms with van der Waals surface area (Å²) in [6.45, 7) is 5.27. The van der Waals surface area contributed by atoms with E-state index in [-0.39, 0.29) is 11.8 Å². The van der Waals surface area contributed by atoms with Crippen LogP contribution in [0.1, 0.15) is 19.7 Å². The van der Waals surface area contributed by atoms with E-state index in [0.29, 0.717) is 11.7 Å². The smallest absolute Gasteiger partial charge is 0.148 e. The fourth-order valence-corrected chi connectivity index (χ4v) is 3.11. The predicted octanol–water partition coefficient (Wildman–Crippen LogP) is 1.33. The molecule has 1 aromatic heterocycles. The molecule has 0 aliphatic rings. The molecule has 0 saturated heterocycles. The van der Waals surface area contributed by atoms with Gasteiger partial charge in [0.25, 0.3) is 0 Å². The van der Waals surface area contributed by atoms with Crippen LogP contribution in [0.25, 0.3) is 0 Å². The lowest BCUT2D eigenvalue weighted by Gasteiger charge is -2.26. The zero-order chi connectivity index (χ0) is 13.9. The first-order valence-corrected chi connectivity index (χ1v) is 8.26. The first kappa shape index (κ1) is 15.5. The molecule has 5 nitrogen and oxygen atoms in total. The summed E-state index contributed by atoms with van der Waals surface area (Å²) in [5.74, 6) is 0.987. The van der Waals surface area contributed by atoms with Gasteiger partial charge in [-0.05, 0) is 13.5 Å². The molecule has 0 saturated carbocycles. The van der Waals surface area contributed by atoms with Gasteiger partial charge in [-0.15, -0.1) is 0 Å². The average Bonchev–Trinajstić information content (AvgIpc) is 2.54. The Labute approximate surface area is 114 Å². The van der Waals surface area contributed by atoms with Crippen LogP contribution in [-0.4, -0.2) is 47.5 Å². The van der Waals surface area contributed by atoms with Gasteiger partial charge in [-0.25, -0.2) is 13.4 Å². The molecule has 0 amide bonds. The Morgan fingerprint density at radius 1 is 1.56 bits per heavy atom. The molecule has 0 radical (unpaired) electrons. The second-order valence-corrected chi connectivity index (χ2v) is 7.13. The Morgan fingerprint density at radius 3 is 2.56 bits per heavy atom. The molecule has 0 aromatic carbocycles. The Bertz CT molecular complexity index is 498. The largest absolute Gasteiger partial charge is 0.321 e. The van der Waals surface area contributed by atoms with Gasteiger partial charge >= 0.3 is 0 Å². The summed E-state index contributed by atoms with van der Waals surface area (Å²) in [7, 11) is -1.12. The van der Waals surface area contributed by atoms with Crippen LogP contribution >= 0.6 is 11.6 Å². The maximum atomic E-state index is 11.3. The number of aromatic nitrogens is 2. The lowest BCUT2D eigenvalue weighted by molar-refractivity contribution is 0.219. The molecule has 0 N–H and O–H groups in total. The predicted molar refractivity (Wildman–Crippen MR) is 73.5 cm³/mol. The van der Waals surface area contributed by atoms with Gasteiger partial charge in [0.05, 0.1) is 18.5 Å². The molecule has 0 aliphatic heterocycles. The van der Waals surface area contributed by atoms with E-state index in [9.17, 15) is 8.42 Å². The van der Waals surface area contributed by atoms with E-state index >= 15 is 0 Å². The fraction of sp³-hybridized carbons (Fsp3) is 0.727. The van der Waals surface area contributed by atoms with Crippen molar-refractivity contribution in [1.82, 2.24) is 14.5 Å². The summed E-state index contributed by atoms with van der Waals surface area (Å²) >= 11 is 5.93. The summed E-state index contributed by atoms with van der Waals surface area (Å²) in [5.41, 5.74) is 0. The third-order valence-electron chi connectivity index (χ3n) is 2.95. The molecule has 0 fully saturated rings. The monoisotopic (exact) mass is 293 g/mol. The molecule has 1 atom stereocenters. The zero-order valence-electron chi connectivity index (χ0n) is 11.2. The fourth-order valence-electron chi connectivity index (χ4n) is 1.88. The van der Waals surface area contributed by atoms with Crippen molar-refractivity contribution >= 4 is 21.4 Å². The minimum Gasteiger partial charge on any atom is -0.321 e. The molecular formula is C11H20ClN3O2S. The van der Waals surface area contributed by atoms with Crippen LogP contribution in [0.5, 0.6) is 0 Å². The number of imidazole rings is 1. The summed E-state index contributed by atoms with van der Waals surface area (Å²) in [6.07, 6.45) is 2.86. The maximum absolute atomic E-state index is 11.3. The van der Waals surface area contributed by atoms with Crippen LogP contribution in [0, 0.1) is 0 Å². The molecular weight excluding hydrogens is 274 g/mol. The van der Waals surface area contributed by atoms with Crippen LogP contribution in [0.3, 0.4) is 0 Å². The summed E-state index contributed by atoms with van der Waals surface area (Å²) < 4.78 is 24.4. The van der Waals surface area contributed by atoms with Crippen LogP contribution in [0.4, 0.5) is 0 Å². The highest BCUT2D eigenvalue weighted by atomic mass is 35.5. The van der Waals surface area contributed by atoms with Crippen LogP contribution in [0.2, 0.25) is 5.15 Å². The SMILES string of the molecule is CCN(Cc1ncc(Cl)n1C)C(C)CS(C)(=O)=O. The van der Waals surface area contributed by atoms with E-state index < -0.39 is 9.84 Å². The summed E-state index contributed by atoms with van der Waals surface area (Å²) in [4.78, 5) is 6.29. The number of nitrogens with zero attached hydrogens (tertiary/aromatic N) is 3. The highest BCUT2D eigenvalue weighted by Gasteiger charge is 2.19. The van der Waals surface area contributed by atoms with Gasteiger partial charge in [0.1, 0.15) is 20.8 Å². The van der Waals surface area contributed by atoms with E-state index in [2.05, 4.69) is 9.88 Å². The third-order valence-corrected chi connectivity index (χ3v) is 4.38. The average molecular weight is 294 g/mol. The molecule has 0 bridgehead atoms. The molecule has 1 unspecified atom stereocenters. The van der Waals surface area contributed by atoms with E-state index in [4.69, 9.17) is 11.6 Å². The Kier molecular flexibility index (Phi) is 5.19. The summed E-state index contributed by atoms with van der Waals surface area (Å²) in [6, 6.07) is -0.0412. The molecule has 1 aromatic rings. The van der Waals surface area contributed by atoms with E-state index in [1.165, 1.54) is 6.26 Å². The van der Waals surface area contributed by atoms with Crippen molar-refractivity contribution in [2.24, 2.45) is 7.05 Å². The van der Waals surface area contributed by atoms with Gasteiger partial charge in [-0.3, -0.25) is 4.90 Å². The first-order valence-electron chi connectivity index (χ1n) is 5.82. The highest BCUT2D eigenvalue weighted by molar-refractivity contribution is 7.90. The Balaban J connectivity index is 2.76. The van der Waals surface area contributed by atoms with Crippen molar-refractivity contribution in [2.45, 2.75) is 26.4 Å². The molecule has 7 heteroatoms. The highest BCUT2D eigenvalue weighted by Crippen LogP contribution is 2.13. The van der Waals surface area contributed by atoms with Crippen molar-refractivity contribution in [1.29, 1.82) is 0 Å². The minimum atomic E-state index is -2.97. The molecule has 0 aliphatic carbocycles. The normalized spacial score (nSPS) is 14.1. The van der Waals surface area contributed by atoms with Crippen LogP contribution in [0.15, 0.2) is 6.20 Å². The molecule has 1 heterocycles. The minimum absolute atomic E-state index is 0.0412. The topological polar surface area (TPSA) is 55.2 Å². The van der Waals surface area contributed by atoms with Crippen molar-refractivity contribution in [3.8, 4) is 0 Å². The third kappa shape index (κ3) is 4.26. The Hall–Kier alpha value is -0.590. The van der Waals surface area contributed by atoms with Gasteiger partial charge in [0.2, 0.25) is 0 Å². The van der Waals surface area contributed by atoms with Crippen molar-refractivity contribution < 1.29 is 8.42 Å². The van der Waals surface area contributed by atoms with E-state index in [1.54, 1.807) is 10.8 Å². The number of hydrogen-bond donors (Lipinski definition) is 0. The second kappa shape index (κ2) is 6.04. The molecule has 104 valence electrons. The van der Waals surface area contributed by atoms with Crippen LogP contribution in [-0.2, 0) is 23.4 Å². The quantitative estimate of drug-likeness (QED) is 0.794. The number of halogens is 1. The van der Waals surface area contributed by atoms with Gasteiger partial charge in [0.15, 0.2) is 0 Å². The van der Waals surface area contributed by atoms with Gasteiger partial charge in [-0.2, -0.15) is 0 Å². The van der Waals surface area contributed by atoms with Crippen LogP contribution < -0.4 is 0 Å². The van der Waals surface area contributed by atoms with E-state index in [1.807, 2.05) is 20.9 Å². The van der Waals surface area contributed by atoms with Crippen molar-refractivity contribution in [3.63, 3.8) is 0 Å². The second-order valence-electron chi connectivity index (χ2n) is 4.56. The summed E-state index contributed by atoms with van der Waals surface area (Å²) in [5, 5.41) is 0.580. The van der Waals surface area contributed by atoms with Crippen molar-refractivity contribution in [3.05, 3.63) is 17.2 Å². The standard InChI is InChI=1S/C11H20ClN3O2S/c1-5-15(9(2)8-18(4,16)17)7-11-13-6-10(12)14(11)3/h6,9H,5,7-8H2,1-4H3. The zero-order valence-corrected chi connectivity index (χ0v) is 12.8. The van der Waals surface area contributed by atoms with Crippen molar-refractivity contribution in [2.75, 3.05) is 18.6 Å². The molecule has 1 rings (SSSR count). The van der Waals surface area contributed by atoms with E-state index in [0.717, 1.165) is 12.4 Å². The van der Waals surface area contributed by atoms with Gasteiger partial charge < -0.3 is 4.57 Å². The molecule has 18 heavy (non-hydrogen) atoms. The number of hydrogen-bond acceptors (Lipinski definition) is 4. The Morgan fingerprint density at radius 2 is 2.17 bits per heavy atom. The lowest BCUT2D eigenvalue weighted by Crippen LogP contribution is -2.37. The van der Waals surface area contributed by atoms with Gasteiger partial charge in [0, 0.05) is 19.3 Å². The lowest BCUT2D eigenvalue weighted by atomic mass is 10.3. The number of sulfone groups is 1. The molecule has 0 spiro atoms.